The minimum atomic E-state index is 0.0338. The SMILES string of the molecule is Oc1cc(S)c2cc(Cl)ccc2c1Cl. The number of thiol groups is 1. The third kappa shape index (κ3) is 1.54. The Morgan fingerprint density at radius 1 is 1.07 bits per heavy atom. The Kier molecular flexibility index (Phi) is 2.52. The number of hydrogen-bond donors (Lipinski definition) is 2. The summed E-state index contributed by atoms with van der Waals surface area (Å²) < 4.78 is 0. The summed E-state index contributed by atoms with van der Waals surface area (Å²) in [5.74, 6) is 0.0338. The Labute approximate surface area is 96.7 Å². The molecule has 0 unspecified atom stereocenters. The van der Waals surface area contributed by atoms with Crippen molar-refractivity contribution in [3.8, 4) is 5.75 Å². The molecule has 2 aromatic rings. The fraction of sp³-hybridized carbons (Fsp3) is 0. The summed E-state index contributed by atoms with van der Waals surface area (Å²) >= 11 is 16.0. The molecule has 0 atom stereocenters. The molecule has 4 heteroatoms. The van der Waals surface area contributed by atoms with E-state index >= 15 is 0 Å². The van der Waals surface area contributed by atoms with Gasteiger partial charge in [-0.3, -0.25) is 0 Å². The highest BCUT2D eigenvalue weighted by molar-refractivity contribution is 7.80. The van der Waals surface area contributed by atoms with Crippen LogP contribution >= 0.6 is 35.8 Å². The Morgan fingerprint density at radius 2 is 1.79 bits per heavy atom. The maximum absolute atomic E-state index is 9.45. The van der Waals surface area contributed by atoms with E-state index in [2.05, 4.69) is 12.6 Å². The molecule has 2 aromatic carbocycles. The van der Waals surface area contributed by atoms with Gasteiger partial charge in [0.1, 0.15) is 5.75 Å². The summed E-state index contributed by atoms with van der Waals surface area (Å²) in [7, 11) is 0. The van der Waals surface area contributed by atoms with Crippen LogP contribution in [-0.2, 0) is 0 Å². The van der Waals surface area contributed by atoms with E-state index in [4.69, 9.17) is 23.2 Å². The molecule has 0 heterocycles. The molecule has 0 spiro atoms. The molecule has 72 valence electrons. The van der Waals surface area contributed by atoms with Crippen LogP contribution < -0.4 is 0 Å². The molecule has 1 N–H and O–H groups in total. The van der Waals surface area contributed by atoms with E-state index in [-0.39, 0.29) is 5.75 Å². The molecule has 0 aliphatic heterocycles. The molecule has 0 saturated carbocycles. The average Bonchev–Trinajstić information content (AvgIpc) is 2.14. The van der Waals surface area contributed by atoms with Crippen molar-refractivity contribution in [3.05, 3.63) is 34.3 Å². The molecule has 0 aromatic heterocycles. The summed E-state index contributed by atoms with van der Waals surface area (Å²) in [4.78, 5) is 0.657. The quantitative estimate of drug-likeness (QED) is 0.668. The molecular formula is C10H6Cl2OS. The van der Waals surface area contributed by atoms with E-state index in [0.29, 0.717) is 14.9 Å². The lowest BCUT2D eigenvalue weighted by Crippen LogP contribution is -1.78. The van der Waals surface area contributed by atoms with Crippen molar-refractivity contribution in [2.24, 2.45) is 0 Å². The van der Waals surface area contributed by atoms with Crippen LogP contribution in [0.15, 0.2) is 29.2 Å². The number of rotatable bonds is 0. The van der Waals surface area contributed by atoms with E-state index < -0.39 is 0 Å². The predicted octanol–water partition coefficient (Wildman–Crippen LogP) is 4.14. The van der Waals surface area contributed by atoms with Crippen molar-refractivity contribution >= 4 is 46.6 Å². The van der Waals surface area contributed by atoms with Gasteiger partial charge in [-0.1, -0.05) is 29.3 Å². The van der Waals surface area contributed by atoms with Gasteiger partial charge in [-0.15, -0.1) is 12.6 Å². The van der Waals surface area contributed by atoms with E-state index in [1.807, 2.05) is 0 Å². The second kappa shape index (κ2) is 3.54. The van der Waals surface area contributed by atoms with Gasteiger partial charge in [0.15, 0.2) is 0 Å². The second-order valence-corrected chi connectivity index (χ2v) is 4.21. The molecule has 1 nitrogen and oxygen atoms in total. The third-order valence-electron chi connectivity index (χ3n) is 1.99. The molecule has 14 heavy (non-hydrogen) atoms. The topological polar surface area (TPSA) is 20.2 Å². The molecule has 0 saturated heterocycles. The maximum Gasteiger partial charge on any atom is 0.135 e. The van der Waals surface area contributed by atoms with Crippen molar-refractivity contribution in [1.29, 1.82) is 0 Å². The first-order valence-electron chi connectivity index (χ1n) is 3.89. The minimum Gasteiger partial charge on any atom is -0.506 e. The number of fused-ring (bicyclic) bond motifs is 1. The zero-order valence-electron chi connectivity index (χ0n) is 6.96. The summed E-state index contributed by atoms with van der Waals surface area (Å²) in [5.41, 5.74) is 0. The fourth-order valence-electron chi connectivity index (χ4n) is 1.33. The minimum absolute atomic E-state index is 0.0338. The van der Waals surface area contributed by atoms with Gasteiger partial charge >= 0.3 is 0 Å². The largest absolute Gasteiger partial charge is 0.506 e. The molecular weight excluding hydrogens is 239 g/mol. The summed E-state index contributed by atoms with van der Waals surface area (Å²) in [5, 5.41) is 12.0. The van der Waals surface area contributed by atoms with Crippen LogP contribution in [0.2, 0.25) is 10.0 Å². The zero-order chi connectivity index (χ0) is 10.3. The monoisotopic (exact) mass is 244 g/mol. The Bertz CT molecular complexity index is 511. The lowest BCUT2D eigenvalue weighted by molar-refractivity contribution is 0.475. The first-order valence-corrected chi connectivity index (χ1v) is 5.09. The first kappa shape index (κ1) is 9.97. The van der Waals surface area contributed by atoms with Gasteiger partial charge in [0.2, 0.25) is 0 Å². The summed E-state index contributed by atoms with van der Waals surface area (Å²) in [6, 6.07) is 6.76. The second-order valence-electron chi connectivity index (χ2n) is 2.92. The Balaban J connectivity index is 2.94. The Morgan fingerprint density at radius 3 is 2.50 bits per heavy atom. The van der Waals surface area contributed by atoms with Gasteiger partial charge in [0.05, 0.1) is 5.02 Å². The first-order chi connectivity index (χ1) is 6.59. The van der Waals surface area contributed by atoms with Crippen LogP contribution in [0.1, 0.15) is 0 Å². The van der Waals surface area contributed by atoms with Crippen molar-refractivity contribution in [3.63, 3.8) is 0 Å². The molecule has 0 fully saturated rings. The van der Waals surface area contributed by atoms with Crippen molar-refractivity contribution in [2.75, 3.05) is 0 Å². The predicted molar refractivity (Wildman–Crippen MR) is 62.9 cm³/mol. The fourth-order valence-corrected chi connectivity index (χ4v) is 2.03. The number of aromatic hydroxyl groups is 1. The summed E-state index contributed by atoms with van der Waals surface area (Å²) in [6.45, 7) is 0. The van der Waals surface area contributed by atoms with Crippen LogP contribution in [0.5, 0.6) is 5.75 Å². The van der Waals surface area contributed by atoms with Gasteiger partial charge in [-0.05, 0) is 23.6 Å². The normalized spacial score (nSPS) is 10.8. The van der Waals surface area contributed by atoms with E-state index in [9.17, 15) is 5.11 Å². The van der Waals surface area contributed by atoms with Crippen LogP contribution in [0.4, 0.5) is 0 Å². The molecule has 2 rings (SSSR count). The summed E-state index contributed by atoms with van der Waals surface area (Å²) in [6.07, 6.45) is 0. The van der Waals surface area contributed by atoms with Crippen LogP contribution in [0, 0.1) is 0 Å². The number of benzene rings is 2. The maximum atomic E-state index is 9.45. The van der Waals surface area contributed by atoms with Crippen molar-refractivity contribution in [1.82, 2.24) is 0 Å². The zero-order valence-corrected chi connectivity index (χ0v) is 9.37. The lowest BCUT2D eigenvalue weighted by Gasteiger charge is -2.06. The van der Waals surface area contributed by atoms with Gasteiger partial charge < -0.3 is 5.11 Å². The number of halogens is 2. The smallest absolute Gasteiger partial charge is 0.135 e. The van der Waals surface area contributed by atoms with Gasteiger partial charge in [0, 0.05) is 15.3 Å². The van der Waals surface area contributed by atoms with Crippen molar-refractivity contribution in [2.45, 2.75) is 4.90 Å². The average molecular weight is 245 g/mol. The van der Waals surface area contributed by atoms with Crippen LogP contribution in [0.25, 0.3) is 10.8 Å². The van der Waals surface area contributed by atoms with Crippen molar-refractivity contribution < 1.29 is 5.11 Å². The highest BCUT2D eigenvalue weighted by atomic mass is 35.5. The molecule has 0 aliphatic rings. The van der Waals surface area contributed by atoms with Crippen LogP contribution in [0.3, 0.4) is 0 Å². The van der Waals surface area contributed by atoms with Gasteiger partial charge in [-0.2, -0.15) is 0 Å². The standard InChI is InChI=1S/C10H6Cl2OS/c11-5-1-2-6-7(3-5)9(14)4-8(13)10(6)12/h1-4,13-14H. The molecule has 0 bridgehead atoms. The molecule has 0 radical (unpaired) electrons. The van der Waals surface area contributed by atoms with E-state index in [0.717, 1.165) is 10.8 Å². The highest BCUT2D eigenvalue weighted by Gasteiger charge is 2.08. The number of hydrogen-bond acceptors (Lipinski definition) is 2. The van der Waals surface area contributed by atoms with Crippen LogP contribution in [-0.4, -0.2) is 5.11 Å². The molecule has 0 aliphatic carbocycles. The molecule has 0 amide bonds. The highest BCUT2D eigenvalue weighted by Crippen LogP contribution is 2.37. The number of phenols is 1. The van der Waals surface area contributed by atoms with E-state index in [1.54, 1.807) is 18.2 Å². The lowest BCUT2D eigenvalue weighted by atomic mass is 10.1. The van der Waals surface area contributed by atoms with Gasteiger partial charge in [-0.25, -0.2) is 0 Å². The van der Waals surface area contributed by atoms with Gasteiger partial charge in [0.25, 0.3) is 0 Å². The third-order valence-corrected chi connectivity index (χ3v) is 2.99. The Hall–Kier alpha value is -0.570. The van der Waals surface area contributed by atoms with E-state index in [1.165, 1.54) is 6.07 Å². The number of phenolic OH excluding ortho intramolecular Hbond substituents is 1.